The summed E-state index contributed by atoms with van der Waals surface area (Å²) in [5.74, 6) is 0.519. The van der Waals surface area contributed by atoms with Crippen molar-refractivity contribution in [2.24, 2.45) is 17.8 Å². The molecule has 0 N–H and O–H groups in total. The first kappa shape index (κ1) is 36.9. The lowest BCUT2D eigenvalue weighted by Gasteiger charge is -2.43. The van der Waals surface area contributed by atoms with Gasteiger partial charge in [-0.2, -0.15) is 0 Å². The number of benzene rings is 2. The molecule has 1 fully saturated rings. The fourth-order valence-corrected chi connectivity index (χ4v) is 12.6. The van der Waals surface area contributed by atoms with E-state index in [2.05, 4.69) is 107 Å². The van der Waals surface area contributed by atoms with Gasteiger partial charge in [-0.3, -0.25) is 9.59 Å². The molecule has 0 saturated heterocycles. The fourth-order valence-electron chi connectivity index (χ4n) is 7.98. The van der Waals surface area contributed by atoms with Gasteiger partial charge >= 0.3 is 11.9 Å². The SMILES string of the molecule is CCCCC[C@@H](/C=C/[C@@H]1[C@H]2CC(CCCCCO[Si](c3ccccc3)(c3ccccc3)C(C)(C)C)=C[C@H]2C[C@H]1OC(C)=O)OC(C)=O. The molecule has 0 unspecified atom stereocenters. The van der Waals surface area contributed by atoms with E-state index in [0.717, 1.165) is 70.8 Å². The Bertz CT molecular complexity index is 1290. The monoisotopic (exact) mass is 658 g/mol. The molecule has 2 aliphatic rings. The molecule has 256 valence electrons. The van der Waals surface area contributed by atoms with Crippen LogP contribution in [0.5, 0.6) is 0 Å². The van der Waals surface area contributed by atoms with Crippen LogP contribution in [0.15, 0.2) is 84.5 Å². The van der Waals surface area contributed by atoms with Gasteiger partial charge in [0, 0.05) is 26.4 Å². The maximum absolute atomic E-state index is 12.0. The van der Waals surface area contributed by atoms with Gasteiger partial charge in [-0.25, -0.2) is 0 Å². The smallest absolute Gasteiger partial charge is 0.303 e. The van der Waals surface area contributed by atoms with E-state index in [1.165, 1.54) is 29.8 Å². The zero-order chi connectivity index (χ0) is 33.9. The summed E-state index contributed by atoms with van der Waals surface area (Å²) in [5.41, 5.74) is 1.53. The minimum Gasteiger partial charge on any atom is -0.462 e. The normalized spacial score (nSPS) is 21.8. The van der Waals surface area contributed by atoms with E-state index in [9.17, 15) is 9.59 Å². The van der Waals surface area contributed by atoms with Crippen molar-refractivity contribution in [2.45, 2.75) is 123 Å². The average Bonchev–Trinajstić information content (AvgIpc) is 3.56. The number of unbranched alkanes of at least 4 members (excludes halogenated alkanes) is 4. The van der Waals surface area contributed by atoms with E-state index in [0.29, 0.717) is 11.8 Å². The van der Waals surface area contributed by atoms with Gasteiger partial charge in [0.05, 0.1) is 0 Å². The average molecular weight is 659 g/mol. The molecule has 2 aromatic rings. The molecule has 47 heavy (non-hydrogen) atoms. The lowest BCUT2D eigenvalue weighted by Crippen LogP contribution is -2.66. The van der Waals surface area contributed by atoms with Crippen LogP contribution in [0.25, 0.3) is 0 Å². The van der Waals surface area contributed by atoms with Crippen LogP contribution in [0.2, 0.25) is 5.04 Å². The molecule has 4 rings (SSSR count). The number of rotatable bonds is 17. The molecule has 0 amide bonds. The van der Waals surface area contributed by atoms with Gasteiger partial charge < -0.3 is 13.9 Å². The third-order valence-electron chi connectivity index (χ3n) is 10.1. The molecule has 0 heterocycles. The third kappa shape index (κ3) is 9.79. The van der Waals surface area contributed by atoms with Crippen LogP contribution in [0, 0.1) is 17.8 Å². The first-order chi connectivity index (χ1) is 22.5. The molecule has 0 spiro atoms. The van der Waals surface area contributed by atoms with Gasteiger partial charge in [-0.1, -0.05) is 125 Å². The number of ether oxygens (including phenoxy) is 2. The highest BCUT2D eigenvalue weighted by Crippen LogP contribution is 2.49. The number of hydrogen-bond donors (Lipinski definition) is 0. The van der Waals surface area contributed by atoms with Crippen molar-refractivity contribution in [3.63, 3.8) is 0 Å². The molecular formula is C41H58O5Si. The van der Waals surface area contributed by atoms with E-state index in [1.807, 2.05) is 0 Å². The fraction of sp³-hybridized carbons (Fsp3) is 0.561. The second-order valence-electron chi connectivity index (χ2n) is 14.7. The zero-order valence-corrected chi connectivity index (χ0v) is 30.7. The highest BCUT2D eigenvalue weighted by molar-refractivity contribution is 6.99. The standard InChI is InChI=1S/C41H58O5Si/c1-7-8-12-20-35(45-31(2)42)25-26-38-39-29-33(28-34(39)30-40(38)46-32(3)43)19-13-11-18-27-44-47(41(4,5)6,36-21-14-9-15-22-36)37-23-16-10-17-24-37/h9-10,14-17,21-26,28,34-35,38-40H,7-8,11-13,18-20,27,29-30H2,1-6H3/b26-25+/t34-,35-,38+,39-,40+/m0/s1. The molecule has 0 radical (unpaired) electrons. The number of carbonyl (C=O) groups is 2. The van der Waals surface area contributed by atoms with Crippen molar-refractivity contribution >= 4 is 30.6 Å². The Morgan fingerprint density at radius 1 is 0.894 bits per heavy atom. The lowest BCUT2D eigenvalue weighted by atomic mass is 9.88. The van der Waals surface area contributed by atoms with Crippen molar-refractivity contribution in [3.05, 3.63) is 84.5 Å². The number of hydrogen-bond acceptors (Lipinski definition) is 5. The van der Waals surface area contributed by atoms with E-state index in [-0.39, 0.29) is 35.1 Å². The number of fused-ring (bicyclic) bond motifs is 1. The summed E-state index contributed by atoms with van der Waals surface area (Å²) in [6.45, 7) is 12.9. The Morgan fingerprint density at radius 2 is 1.55 bits per heavy atom. The molecule has 6 heteroatoms. The molecule has 5 nitrogen and oxygen atoms in total. The summed E-state index contributed by atoms with van der Waals surface area (Å²) in [4.78, 5) is 23.7. The molecular weight excluding hydrogens is 601 g/mol. The largest absolute Gasteiger partial charge is 0.462 e. The quantitative estimate of drug-likeness (QED) is 0.0737. The Balaban J connectivity index is 1.34. The van der Waals surface area contributed by atoms with Crippen LogP contribution in [0.3, 0.4) is 0 Å². The topological polar surface area (TPSA) is 61.8 Å². The van der Waals surface area contributed by atoms with Gasteiger partial charge in [-0.15, -0.1) is 0 Å². The lowest BCUT2D eigenvalue weighted by molar-refractivity contribution is -0.147. The summed E-state index contributed by atoms with van der Waals surface area (Å²) < 4.78 is 18.5. The van der Waals surface area contributed by atoms with E-state index >= 15 is 0 Å². The van der Waals surface area contributed by atoms with Gasteiger partial charge in [0.15, 0.2) is 0 Å². The first-order valence-electron chi connectivity index (χ1n) is 18.0. The van der Waals surface area contributed by atoms with E-state index < -0.39 is 8.32 Å². The van der Waals surface area contributed by atoms with Crippen molar-refractivity contribution in [1.29, 1.82) is 0 Å². The van der Waals surface area contributed by atoms with Gasteiger partial charge in [0.2, 0.25) is 0 Å². The Hall–Kier alpha value is -2.96. The Morgan fingerprint density at radius 3 is 2.13 bits per heavy atom. The van der Waals surface area contributed by atoms with Gasteiger partial charge in [0.25, 0.3) is 8.32 Å². The van der Waals surface area contributed by atoms with E-state index in [1.54, 1.807) is 0 Å². The summed E-state index contributed by atoms with van der Waals surface area (Å²) in [6, 6.07) is 21.8. The van der Waals surface area contributed by atoms with Crippen LogP contribution < -0.4 is 10.4 Å². The summed E-state index contributed by atoms with van der Waals surface area (Å²) in [5, 5.41) is 2.65. The van der Waals surface area contributed by atoms with Crippen LogP contribution in [0.1, 0.15) is 106 Å². The molecule has 0 aliphatic heterocycles. The van der Waals surface area contributed by atoms with Crippen molar-refractivity contribution in [2.75, 3.05) is 6.61 Å². The molecule has 0 bridgehead atoms. The molecule has 2 aliphatic carbocycles. The van der Waals surface area contributed by atoms with Crippen LogP contribution in [-0.2, 0) is 23.5 Å². The molecule has 2 aromatic carbocycles. The van der Waals surface area contributed by atoms with Crippen LogP contribution in [-0.4, -0.2) is 39.1 Å². The second kappa shape index (κ2) is 17.4. The maximum Gasteiger partial charge on any atom is 0.303 e. The van der Waals surface area contributed by atoms with E-state index in [4.69, 9.17) is 13.9 Å². The van der Waals surface area contributed by atoms with Gasteiger partial charge in [-0.05, 0) is 78.3 Å². The molecule has 5 atom stereocenters. The van der Waals surface area contributed by atoms with Crippen molar-refractivity contribution < 1.29 is 23.5 Å². The minimum atomic E-state index is -2.49. The summed E-state index contributed by atoms with van der Waals surface area (Å²) in [6.07, 6.45) is 16.8. The van der Waals surface area contributed by atoms with Crippen molar-refractivity contribution in [1.82, 2.24) is 0 Å². The maximum atomic E-state index is 12.0. The van der Waals surface area contributed by atoms with Crippen LogP contribution in [0.4, 0.5) is 0 Å². The first-order valence-corrected chi connectivity index (χ1v) is 19.9. The third-order valence-corrected chi connectivity index (χ3v) is 15.1. The highest BCUT2D eigenvalue weighted by atomic mass is 28.4. The second-order valence-corrected chi connectivity index (χ2v) is 19.0. The summed E-state index contributed by atoms with van der Waals surface area (Å²) >= 11 is 0. The van der Waals surface area contributed by atoms with Crippen LogP contribution >= 0.6 is 0 Å². The van der Waals surface area contributed by atoms with Gasteiger partial charge in [0.1, 0.15) is 12.2 Å². The molecule has 1 saturated carbocycles. The zero-order valence-electron chi connectivity index (χ0n) is 29.7. The Kier molecular flexibility index (Phi) is 13.7. The number of carbonyl (C=O) groups excluding carboxylic acids is 2. The predicted octanol–water partition coefficient (Wildman–Crippen LogP) is 8.71. The van der Waals surface area contributed by atoms with Crippen molar-refractivity contribution in [3.8, 4) is 0 Å². The number of allylic oxidation sites excluding steroid dienone is 2. The number of esters is 2. The Labute approximate surface area is 285 Å². The summed E-state index contributed by atoms with van der Waals surface area (Å²) in [7, 11) is -2.49. The minimum absolute atomic E-state index is 0.00911. The predicted molar refractivity (Wildman–Crippen MR) is 194 cm³/mol. The molecule has 0 aromatic heterocycles. The highest BCUT2D eigenvalue weighted by Gasteiger charge is 2.50.